The fourth-order valence-electron chi connectivity index (χ4n) is 5.78. The maximum atomic E-state index is 13.1. The highest BCUT2D eigenvalue weighted by atomic mass is 16.8. The summed E-state index contributed by atoms with van der Waals surface area (Å²) in [6, 6.07) is -0.273. The van der Waals surface area contributed by atoms with Crippen LogP contribution in [0.3, 0.4) is 0 Å². The van der Waals surface area contributed by atoms with Crippen LogP contribution in [0.15, 0.2) is 11.3 Å². The first-order valence-corrected chi connectivity index (χ1v) is 11.7. The van der Waals surface area contributed by atoms with E-state index in [1.54, 1.807) is 14.0 Å². The number of amides is 1. The van der Waals surface area contributed by atoms with Gasteiger partial charge in [-0.1, -0.05) is 6.42 Å². The standard InChI is InChI=1S/C23H33NO8/c1-12(25)17-19-15-10-7-11-16(29-3)18(15)20(24(19)21(17)26)22(27)30-13(2)31-23(28)32-14-8-5-4-6-9-14/h12-17,19,25H,4-11H2,1-3H3/t12-,13?,15+,16+,17?,19-/m1/s1. The number of methoxy groups -OCH3 is 1. The van der Waals surface area contributed by atoms with Gasteiger partial charge in [-0.25, -0.2) is 9.59 Å². The van der Waals surface area contributed by atoms with Crippen molar-refractivity contribution in [2.75, 3.05) is 7.11 Å². The van der Waals surface area contributed by atoms with Crippen molar-refractivity contribution in [2.45, 2.75) is 95.9 Å². The first kappa shape index (κ1) is 23.0. The predicted octanol–water partition coefficient (Wildman–Crippen LogP) is 2.65. The van der Waals surface area contributed by atoms with Crippen LogP contribution in [0.25, 0.3) is 0 Å². The van der Waals surface area contributed by atoms with E-state index < -0.39 is 30.4 Å². The maximum absolute atomic E-state index is 13.1. The molecule has 0 bridgehead atoms. The van der Waals surface area contributed by atoms with Crippen LogP contribution in [-0.4, -0.2) is 65.8 Å². The first-order valence-electron chi connectivity index (χ1n) is 11.7. The highest BCUT2D eigenvalue weighted by molar-refractivity contribution is 6.01. The van der Waals surface area contributed by atoms with Gasteiger partial charge >= 0.3 is 12.1 Å². The molecule has 3 fully saturated rings. The van der Waals surface area contributed by atoms with Gasteiger partial charge in [0.2, 0.25) is 12.2 Å². The highest BCUT2D eigenvalue weighted by Crippen LogP contribution is 2.52. The molecule has 1 saturated heterocycles. The van der Waals surface area contributed by atoms with Gasteiger partial charge in [-0.05, 0) is 57.4 Å². The summed E-state index contributed by atoms with van der Waals surface area (Å²) < 4.78 is 21.5. The molecule has 9 nitrogen and oxygen atoms in total. The number of carbonyl (C=O) groups is 3. The van der Waals surface area contributed by atoms with Crippen molar-refractivity contribution in [2.24, 2.45) is 11.8 Å². The van der Waals surface area contributed by atoms with E-state index in [0.29, 0.717) is 0 Å². The number of β-lactam (4-membered cyclic amide) rings is 1. The van der Waals surface area contributed by atoms with E-state index in [-0.39, 0.29) is 35.8 Å². The van der Waals surface area contributed by atoms with E-state index in [1.807, 2.05) is 0 Å². The van der Waals surface area contributed by atoms with E-state index in [2.05, 4.69) is 0 Å². The minimum Gasteiger partial charge on any atom is -0.431 e. The lowest BCUT2D eigenvalue weighted by Crippen LogP contribution is -2.64. The monoisotopic (exact) mass is 451 g/mol. The lowest BCUT2D eigenvalue weighted by molar-refractivity contribution is -0.174. The third-order valence-electron chi connectivity index (χ3n) is 7.19. The van der Waals surface area contributed by atoms with Gasteiger partial charge in [0.1, 0.15) is 11.8 Å². The van der Waals surface area contributed by atoms with Gasteiger partial charge in [0.25, 0.3) is 0 Å². The number of rotatable bonds is 6. The molecule has 178 valence electrons. The number of hydrogen-bond acceptors (Lipinski definition) is 8. The fraction of sp³-hybridized carbons (Fsp3) is 0.783. The van der Waals surface area contributed by atoms with Gasteiger partial charge in [-0.15, -0.1) is 0 Å². The predicted molar refractivity (Wildman–Crippen MR) is 111 cm³/mol. The molecule has 0 aromatic heterocycles. The Balaban J connectivity index is 1.46. The number of aliphatic hydroxyl groups excluding tert-OH is 1. The second kappa shape index (κ2) is 9.39. The minimum absolute atomic E-state index is 0.0546. The summed E-state index contributed by atoms with van der Waals surface area (Å²) in [7, 11) is 1.58. The van der Waals surface area contributed by atoms with Gasteiger partial charge < -0.3 is 29.0 Å². The molecule has 4 aliphatic rings. The van der Waals surface area contributed by atoms with Crippen molar-refractivity contribution in [1.82, 2.24) is 4.90 Å². The Hall–Kier alpha value is -2.13. The molecule has 9 heteroatoms. The van der Waals surface area contributed by atoms with Crippen LogP contribution < -0.4 is 0 Å². The molecule has 32 heavy (non-hydrogen) atoms. The Kier molecular flexibility index (Phi) is 6.76. The van der Waals surface area contributed by atoms with Crippen LogP contribution >= 0.6 is 0 Å². The van der Waals surface area contributed by atoms with Crippen LogP contribution in [0.1, 0.15) is 65.2 Å². The average molecular weight is 452 g/mol. The largest absolute Gasteiger partial charge is 0.511 e. The quantitative estimate of drug-likeness (QED) is 0.373. The summed E-state index contributed by atoms with van der Waals surface area (Å²) in [5.74, 6) is -1.62. The average Bonchev–Trinajstić information content (AvgIpc) is 3.04. The lowest BCUT2D eigenvalue weighted by Gasteiger charge is -2.47. The van der Waals surface area contributed by atoms with Crippen molar-refractivity contribution in [1.29, 1.82) is 0 Å². The topological polar surface area (TPSA) is 112 Å². The molecule has 6 atom stereocenters. The number of nitrogens with zero attached hydrogens (tertiary/aromatic N) is 1. The third kappa shape index (κ3) is 4.12. The Morgan fingerprint density at radius 3 is 2.41 bits per heavy atom. The molecule has 1 amide bonds. The van der Waals surface area contributed by atoms with E-state index in [9.17, 15) is 19.5 Å². The van der Waals surface area contributed by atoms with Crippen molar-refractivity contribution in [3.8, 4) is 0 Å². The van der Waals surface area contributed by atoms with Crippen molar-refractivity contribution < 1.29 is 38.4 Å². The maximum Gasteiger partial charge on any atom is 0.511 e. The smallest absolute Gasteiger partial charge is 0.431 e. The van der Waals surface area contributed by atoms with Crippen molar-refractivity contribution >= 4 is 18.0 Å². The van der Waals surface area contributed by atoms with Crippen LogP contribution in [0.2, 0.25) is 0 Å². The molecule has 2 unspecified atom stereocenters. The molecule has 2 saturated carbocycles. The summed E-state index contributed by atoms with van der Waals surface area (Å²) in [4.78, 5) is 39.5. The molecule has 2 aliphatic carbocycles. The highest BCUT2D eigenvalue weighted by Gasteiger charge is 2.62. The van der Waals surface area contributed by atoms with E-state index in [0.717, 1.165) is 56.9 Å². The first-order chi connectivity index (χ1) is 15.3. The number of aliphatic hydroxyl groups is 1. The minimum atomic E-state index is -1.17. The Labute approximate surface area is 188 Å². The van der Waals surface area contributed by atoms with Crippen molar-refractivity contribution in [3.05, 3.63) is 11.3 Å². The van der Waals surface area contributed by atoms with Crippen LogP contribution in [-0.2, 0) is 28.5 Å². The fourth-order valence-corrected chi connectivity index (χ4v) is 5.78. The molecule has 4 rings (SSSR count). The van der Waals surface area contributed by atoms with E-state index in [1.165, 1.54) is 11.8 Å². The Morgan fingerprint density at radius 2 is 1.75 bits per heavy atom. The van der Waals surface area contributed by atoms with Gasteiger partial charge in [0.05, 0.1) is 24.2 Å². The van der Waals surface area contributed by atoms with E-state index in [4.69, 9.17) is 18.9 Å². The third-order valence-corrected chi connectivity index (χ3v) is 7.19. The molecule has 1 N–H and O–H groups in total. The molecule has 2 aliphatic heterocycles. The SMILES string of the molecule is CO[C@H]1CCC[C@H]2C1=C(C(=O)OC(C)OC(=O)OC1CCCCC1)N1C(=O)C([C@@H](C)O)[C@@H]21. The molecule has 0 radical (unpaired) electrons. The van der Waals surface area contributed by atoms with Gasteiger partial charge in [-0.2, -0.15) is 0 Å². The second-order valence-corrected chi connectivity index (χ2v) is 9.25. The summed E-state index contributed by atoms with van der Waals surface area (Å²) in [5.41, 5.74) is 0.923. The zero-order chi connectivity index (χ0) is 23.0. The normalized spacial score (nSPS) is 31.9. The van der Waals surface area contributed by atoms with Gasteiger partial charge in [0, 0.05) is 20.0 Å². The zero-order valence-corrected chi connectivity index (χ0v) is 19.0. The second-order valence-electron chi connectivity index (χ2n) is 9.25. The van der Waals surface area contributed by atoms with Crippen LogP contribution in [0.4, 0.5) is 4.79 Å². The Morgan fingerprint density at radius 1 is 1.03 bits per heavy atom. The van der Waals surface area contributed by atoms with Gasteiger partial charge in [-0.3, -0.25) is 4.79 Å². The number of ether oxygens (including phenoxy) is 4. The molecule has 0 aromatic rings. The molecular weight excluding hydrogens is 418 g/mol. The zero-order valence-electron chi connectivity index (χ0n) is 19.0. The Bertz CT molecular complexity index is 787. The summed E-state index contributed by atoms with van der Waals surface area (Å²) in [5, 5.41) is 10.1. The molecule has 0 spiro atoms. The summed E-state index contributed by atoms with van der Waals surface area (Å²) >= 11 is 0. The molecular formula is C23H33NO8. The van der Waals surface area contributed by atoms with Crippen molar-refractivity contribution in [3.63, 3.8) is 0 Å². The summed E-state index contributed by atoms with van der Waals surface area (Å²) in [6.45, 7) is 3.04. The van der Waals surface area contributed by atoms with Crippen LogP contribution in [0, 0.1) is 11.8 Å². The number of hydrogen-bond donors (Lipinski definition) is 1. The summed E-state index contributed by atoms with van der Waals surface area (Å²) in [6.07, 6.45) is 3.94. The lowest BCUT2D eigenvalue weighted by atomic mass is 9.72. The molecule has 0 aromatic carbocycles. The van der Waals surface area contributed by atoms with Crippen LogP contribution in [0.5, 0.6) is 0 Å². The molecule has 2 heterocycles. The number of esters is 1. The van der Waals surface area contributed by atoms with Gasteiger partial charge in [0.15, 0.2) is 0 Å². The number of carbonyl (C=O) groups excluding carboxylic acids is 3. The number of fused-ring (bicyclic) bond motifs is 3. The van der Waals surface area contributed by atoms with E-state index >= 15 is 0 Å².